The third kappa shape index (κ3) is 4.30. The van der Waals surface area contributed by atoms with Crippen LogP contribution in [-0.4, -0.2) is 54.6 Å². The van der Waals surface area contributed by atoms with E-state index in [1.165, 1.54) is 25.1 Å². The molecule has 2 unspecified atom stereocenters. The molecule has 0 aliphatic carbocycles. The molecule has 1 fully saturated rings. The average Bonchev–Trinajstić information content (AvgIpc) is 2.89. The van der Waals surface area contributed by atoms with Crippen molar-refractivity contribution < 1.29 is 0 Å². The van der Waals surface area contributed by atoms with E-state index in [9.17, 15) is 0 Å². The Morgan fingerprint density at radius 2 is 1.95 bits per heavy atom. The first-order chi connectivity index (χ1) is 9.72. The lowest BCUT2D eigenvalue weighted by Crippen LogP contribution is -2.41. The average molecular weight is 275 g/mol. The lowest BCUT2D eigenvalue weighted by molar-refractivity contribution is 0.208. The van der Waals surface area contributed by atoms with Crippen LogP contribution in [0.5, 0.6) is 0 Å². The van der Waals surface area contributed by atoms with Gasteiger partial charge in [-0.3, -0.25) is 4.90 Å². The van der Waals surface area contributed by atoms with Gasteiger partial charge in [0.1, 0.15) is 0 Å². The Balaban J connectivity index is 1.77. The number of hydrogen-bond acceptors (Lipinski definition) is 3. The molecule has 3 heteroatoms. The molecule has 2 N–H and O–H groups in total. The van der Waals surface area contributed by atoms with Gasteiger partial charge < -0.3 is 10.6 Å². The van der Waals surface area contributed by atoms with Crippen LogP contribution in [-0.2, 0) is 6.42 Å². The summed E-state index contributed by atoms with van der Waals surface area (Å²) in [6.45, 7) is 10.2. The fourth-order valence-electron chi connectivity index (χ4n) is 3.33. The Kier molecular flexibility index (Phi) is 6.02. The van der Waals surface area contributed by atoms with Gasteiger partial charge in [0.05, 0.1) is 0 Å². The number of benzene rings is 1. The van der Waals surface area contributed by atoms with Crippen molar-refractivity contribution in [2.45, 2.75) is 38.8 Å². The third-order valence-electron chi connectivity index (χ3n) is 4.41. The highest BCUT2D eigenvalue weighted by molar-refractivity contribution is 5.15. The summed E-state index contributed by atoms with van der Waals surface area (Å²) in [7, 11) is 0. The van der Waals surface area contributed by atoms with Gasteiger partial charge in [-0.05, 0) is 38.0 Å². The van der Waals surface area contributed by atoms with Gasteiger partial charge in [-0.25, -0.2) is 0 Å². The van der Waals surface area contributed by atoms with E-state index in [0.717, 1.165) is 32.1 Å². The van der Waals surface area contributed by atoms with E-state index in [1.807, 2.05) is 0 Å². The summed E-state index contributed by atoms with van der Waals surface area (Å²) in [4.78, 5) is 5.11. The lowest BCUT2D eigenvalue weighted by Gasteiger charge is -2.27. The van der Waals surface area contributed by atoms with Crippen LogP contribution in [0.2, 0.25) is 0 Å². The first-order valence-electron chi connectivity index (χ1n) is 7.98. The van der Waals surface area contributed by atoms with Crippen LogP contribution in [0, 0.1) is 0 Å². The third-order valence-corrected chi connectivity index (χ3v) is 4.41. The SMILES string of the molecule is CCN(CC)C1CCN(CC(N)Cc2ccccc2)C1. The Bertz CT molecular complexity index is 375. The molecule has 1 saturated heterocycles. The summed E-state index contributed by atoms with van der Waals surface area (Å²) in [6.07, 6.45) is 2.27. The molecule has 20 heavy (non-hydrogen) atoms. The summed E-state index contributed by atoms with van der Waals surface area (Å²) in [5, 5.41) is 0. The molecule has 0 aromatic heterocycles. The summed E-state index contributed by atoms with van der Waals surface area (Å²) in [5.41, 5.74) is 7.66. The fraction of sp³-hybridized carbons (Fsp3) is 0.647. The summed E-state index contributed by atoms with van der Waals surface area (Å²) in [5.74, 6) is 0. The van der Waals surface area contributed by atoms with Crippen LogP contribution in [0.25, 0.3) is 0 Å². The Morgan fingerprint density at radius 1 is 1.25 bits per heavy atom. The zero-order valence-electron chi connectivity index (χ0n) is 13.0. The molecule has 1 aliphatic heterocycles. The second-order valence-corrected chi connectivity index (χ2v) is 5.87. The highest BCUT2D eigenvalue weighted by atomic mass is 15.3. The van der Waals surface area contributed by atoms with E-state index in [1.54, 1.807) is 0 Å². The molecule has 1 aliphatic rings. The highest BCUT2D eigenvalue weighted by Crippen LogP contribution is 2.16. The number of hydrogen-bond donors (Lipinski definition) is 1. The fourth-order valence-corrected chi connectivity index (χ4v) is 3.33. The van der Waals surface area contributed by atoms with E-state index in [-0.39, 0.29) is 6.04 Å². The summed E-state index contributed by atoms with van der Waals surface area (Å²) < 4.78 is 0. The second-order valence-electron chi connectivity index (χ2n) is 5.87. The van der Waals surface area contributed by atoms with Crippen molar-refractivity contribution in [2.24, 2.45) is 5.73 Å². The predicted octanol–water partition coefficient (Wildman–Crippen LogP) is 1.97. The zero-order valence-corrected chi connectivity index (χ0v) is 13.0. The summed E-state index contributed by atoms with van der Waals surface area (Å²) in [6, 6.07) is 11.6. The van der Waals surface area contributed by atoms with Gasteiger partial charge in [0.2, 0.25) is 0 Å². The minimum Gasteiger partial charge on any atom is -0.326 e. The van der Waals surface area contributed by atoms with E-state index in [0.29, 0.717) is 0 Å². The van der Waals surface area contributed by atoms with Crippen molar-refractivity contribution in [3.8, 4) is 0 Å². The molecule has 0 radical (unpaired) electrons. The Labute approximate surface area is 123 Å². The van der Waals surface area contributed by atoms with Crippen molar-refractivity contribution in [1.29, 1.82) is 0 Å². The quantitative estimate of drug-likeness (QED) is 0.826. The van der Waals surface area contributed by atoms with Gasteiger partial charge >= 0.3 is 0 Å². The molecule has 3 nitrogen and oxygen atoms in total. The van der Waals surface area contributed by atoms with Crippen molar-refractivity contribution in [3.63, 3.8) is 0 Å². The van der Waals surface area contributed by atoms with Crippen LogP contribution in [0.1, 0.15) is 25.8 Å². The van der Waals surface area contributed by atoms with Crippen LogP contribution in [0.3, 0.4) is 0 Å². The van der Waals surface area contributed by atoms with Gasteiger partial charge in [0.15, 0.2) is 0 Å². The van der Waals surface area contributed by atoms with Crippen LogP contribution < -0.4 is 5.73 Å². The second kappa shape index (κ2) is 7.77. The largest absolute Gasteiger partial charge is 0.326 e. The molecule has 112 valence electrons. The van der Waals surface area contributed by atoms with E-state index in [2.05, 4.69) is 54.0 Å². The van der Waals surface area contributed by atoms with E-state index >= 15 is 0 Å². The Morgan fingerprint density at radius 3 is 2.60 bits per heavy atom. The molecular formula is C17H29N3. The lowest BCUT2D eigenvalue weighted by atomic mass is 10.1. The van der Waals surface area contributed by atoms with Crippen molar-refractivity contribution in [2.75, 3.05) is 32.7 Å². The normalized spacial score (nSPS) is 21.5. The smallest absolute Gasteiger partial charge is 0.0235 e. The molecule has 2 atom stereocenters. The maximum Gasteiger partial charge on any atom is 0.0235 e. The van der Waals surface area contributed by atoms with Crippen LogP contribution in [0.4, 0.5) is 0 Å². The topological polar surface area (TPSA) is 32.5 Å². The number of nitrogens with zero attached hydrogens (tertiary/aromatic N) is 2. The minimum absolute atomic E-state index is 0.243. The van der Waals surface area contributed by atoms with Crippen molar-refractivity contribution in [1.82, 2.24) is 9.80 Å². The van der Waals surface area contributed by atoms with Gasteiger partial charge in [-0.1, -0.05) is 44.2 Å². The molecule has 2 rings (SSSR count). The first-order valence-corrected chi connectivity index (χ1v) is 7.98. The van der Waals surface area contributed by atoms with Gasteiger partial charge in [0, 0.05) is 25.2 Å². The maximum atomic E-state index is 6.32. The number of likely N-dealkylation sites (N-methyl/N-ethyl adjacent to an activating group) is 1. The number of rotatable bonds is 7. The summed E-state index contributed by atoms with van der Waals surface area (Å²) >= 11 is 0. The maximum absolute atomic E-state index is 6.32. The standard InChI is InChI=1S/C17H29N3/c1-3-20(4-2)17-10-11-19(14-17)13-16(18)12-15-8-6-5-7-9-15/h5-9,16-17H,3-4,10-14,18H2,1-2H3. The van der Waals surface area contributed by atoms with Gasteiger partial charge in [-0.2, -0.15) is 0 Å². The molecule has 1 heterocycles. The van der Waals surface area contributed by atoms with Crippen LogP contribution >= 0.6 is 0 Å². The molecule has 1 aromatic rings. The van der Waals surface area contributed by atoms with Crippen molar-refractivity contribution >= 4 is 0 Å². The number of nitrogens with two attached hydrogens (primary N) is 1. The van der Waals surface area contributed by atoms with E-state index in [4.69, 9.17) is 5.73 Å². The van der Waals surface area contributed by atoms with Crippen LogP contribution in [0.15, 0.2) is 30.3 Å². The first kappa shape index (κ1) is 15.5. The van der Waals surface area contributed by atoms with Gasteiger partial charge in [-0.15, -0.1) is 0 Å². The molecular weight excluding hydrogens is 246 g/mol. The monoisotopic (exact) mass is 275 g/mol. The molecule has 1 aromatic carbocycles. The molecule has 0 bridgehead atoms. The molecule has 0 saturated carbocycles. The molecule has 0 amide bonds. The van der Waals surface area contributed by atoms with Gasteiger partial charge in [0.25, 0.3) is 0 Å². The number of likely N-dealkylation sites (tertiary alicyclic amines) is 1. The molecule has 0 spiro atoms. The minimum atomic E-state index is 0.243. The predicted molar refractivity (Wildman–Crippen MR) is 85.9 cm³/mol. The van der Waals surface area contributed by atoms with Crippen molar-refractivity contribution in [3.05, 3.63) is 35.9 Å². The zero-order chi connectivity index (χ0) is 14.4. The highest BCUT2D eigenvalue weighted by Gasteiger charge is 2.26. The van der Waals surface area contributed by atoms with E-state index < -0.39 is 0 Å². The Hall–Kier alpha value is -0.900.